The molecule has 0 fully saturated rings. The van der Waals surface area contributed by atoms with Gasteiger partial charge in [0.05, 0.1) is 10.4 Å². The summed E-state index contributed by atoms with van der Waals surface area (Å²) in [4.78, 5) is 9.02. The average molecular weight is 299 g/mol. The number of hydrogen-bond acceptors (Lipinski definition) is 5. The maximum Gasteiger partial charge on any atom is 0.146 e. The molecule has 0 aliphatic rings. The number of rotatable bonds is 4. The number of hydrogen-bond donors (Lipinski definition) is 1. The summed E-state index contributed by atoms with van der Waals surface area (Å²) in [6.45, 7) is 4.32. The third kappa shape index (κ3) is 3.20. The zero-order chi connectivity index (χ0) is 14.9. The molecule has 21 heavy (non-hydrogen) atoms. The van der Waals surface area contributed by atoms with Gasteiger partial charge in [-0.3, -0.25) is 4.98 Å². The minimum Gasteiger partial charge on any atom is -0.489 e. The third-order valence-corrected chi connectivity index (χ3v) is 3.91. The second kappa shape index (κ2) is 5.42. The van der Waals surface area contributed by atoms with Crippen LogP contribution in [0.25, 0.3) is 20.9 Å². The number of ether oxygens (including phenoxy) is 1. The van der Waals surface area contributed by atoms with Crippen LogP contribution in [0, 0.1) is 0 Å². The van der Waals surface area contributed by atoms with Gasteiger partial charge < -0.3 is 10.5 Å². The van der Waals surface area contributed by atoms with Crippen LogP contribution < -0.4 is 10.5 Å². The summed E-state index contributed by atoms with van der Waals surface area (Å²) in [5.41, 5.74) is 7.34. The normalized spacial score (nSPS) is 11.8. The van der Waals surface area contributed by atoms with Gasteiger partial charge in [0.25, 0.3) is 0 Å². The van der Waals surface area contributed by atoms with Crippen LogP contribution in [0.3, 0.4) is 0 Å². The Morgan fingerprint density at radius 2 is 2.05 bits per heavy atom. The lowest BCUT2D eigenvalue weighted by molar-refractivity contribution is 0.245. The third-order valence-electron chi connectivity index (χ3n) is 2.87. The fourth-order valence-corrected chi connectivity index (χ4v) is 2.86. The molecule has 0 amide bonds. The molecule has 0 aliphatic carbocycles. The maximum absolute atomic E-state index is 5.97. The van der Waals surface area contributed by atoms with Crippen molar-refractivity contribution in [3.8, 4) is 16.5 Å². The quantitative estimate of drug-likeness (QED) is 0.801. The Labute approximate surface area is 127 Å². The van der Waals surface area contributed by atoms with Crippen molar-refractivity contribution >= 4 is 21.6 Å². The van der Waals surface area contributed by atoms with Crippen LogP contribution in [-0.2, 0) is 0 Å². The van der Waals surface area contributed by atoms with Crippen molar-refractivity contribution in [1.82, 2.24) is 9.97 Å². The van der Waals surface area contributed by atoms with Crippen LogP contribution in [-0.4, -0.2) is 22.1 Å². The van der Waals surface area contributed by atoms with E-state index in [1.807, 2.05) is 50.2 Å². The Bertz CT molecular complexity index is 747. The number of pyridine rings is 1. The Morgan fingerprint density at radius 1 is 1.19 bits per heavy atom. The highest BCUT2D eigenvalue weighted by Crippen LogP contribution is 2.34. The molecule has 4 nitrogen and oxygen atoms in total. The number of thiazole rings is 1. The fraction of sp³-hybridized carbons (Fsp3) is 0.250. The van der Waals surface area contributed by atoms with E-state index in [0.29, 0.717) is 6.61 Å². The Kier molecular flexibility index (Phi) is 3.61. The van der Waals surface area contributed by atoms with Crippen molar-refractivity contribution in [3.05, 3.63) is 42.6 Å². The number of aromatic nitrogens is 2. The summed E-state index contributed by atoms with van der Waals surface area (Å²) < 4.78 is 6.92. The van der Waals surface area contributed by atoms with Crippen LogP contribution in [0.1, 0.15) is 13.8 Å². The van der Waals surface area contributed by atoms with Gasteiger partial charge >= 0.3 is 0 Å². The first-order valence-corrected chi connectivity index (χ1v) is 7.57. The van der Waals surface area contributed by atoms with Gasteiger partial charge in [-0.05, 0) is 38.1 Å². The smallest absolute Gasteiger partial charge is 0.146 e. The van der Waals surface area contributed by atoms with Gasteiger partial charge in [-0.1, -0.05) is 12.1 Å². The topological polar surface area (TPSA) is 61.0 Å². The molecular weight excluding hydrogens is 282 g/mol. The Morgan fingerprint density at radius 3 is 2.76 bits per heavy atom. The van der Waals surface area contributed by atoms with Gasteiger partial charge in [0.1, 0.15) is 22.9 Å². The van der Waals surface area contributed by atoms with E-state index in [4.69, 9.17) is 10.5 Å². The van der Waals surface area contributed by atoms with Crippen molar-refractivity contribution in [1.29, 1.82) is 0 Å². The number of fused-ring (bicyclic) bond motifs is 1. The Balaban J connectivity index is 1.98. The highest BCUT2D eigenvalue weighted by Gasteiger charge is 2.15. The SMILES string of the molecule is CC(C)(N)COc1cccc2sc(-c3ccccn3)nc12. The van der Waals surface area contributed by atoms with Crippen molar-refractivity contribution in [2.75, 3.05) is 6.61 Å². The number of para-hydroxylation sites is 1. The summed E-state index contributed by atoms with van der Waals surface area (Å²) >= 11 is 1.61. The molecule has 0 unspecified atom stereocenters. The van der Waals surface area contributed by atoms with E-state index >= 15 is 0 Å². The van der Waals surface area contributed by atoms with Crippen LogP contribution >= 0.6 is 11.3 Å². The molecule has 1 aromatic carbocycles. The molecule has 2 aromatic heterocycles. The van der Waals surface area contributed by atoms with Gasteiger partial charge in [0.2, 0.25) is 0 Å². The molecule has 0 radical (unpaired) electrons. The first-order chi connectivity index (χ1) is 10.0. The molecule has 2 heterocycles. The van der Waals surface area contributed by atoms with Crippen molar-refractivity contribution in [2.45, 2.75) is 19.4 Å². The van der Waals surface area contributed by atoms with Gasteiger partial charge in [0, 0.05) is 11.7 Å². The van der Waals surface area contributed by atoms with Crippen LogP contribution in [0.5, 0.6) is 5.75 Å². The molecule has 2 N–H and O–H groups in total. The molecule has 3 rings (SSSR count). The predicted octanol–water partition coefficient (Wildman–Crippen LogP) is 3.47. The zero-order valence-corrected chi connectivity index (χ0v) is 12.9. The highest BCUT2D eigenvalue weighted by atomic mass is 32.1. The summed E-state index contributed by atoms with van der Waals surface area (Å²) in [5, 5.41) is 0.897. The minimum atomic E-state index is -0.373. The van der Waals surface area contributed by atoms with Crippen LogP contribution in [0.2, 0.25) is 0 Å². The molecule has 0 saturated heterocycles. The van der Waals surface area contributed by atoms with Gasteiger partial charge in [-0.2, -0.15) is 0 Å². The monoisotopic (exact) mass is 299 g/mol. The van der Waals surface area contributed by atoms with E-state index in [1.165, 1.54) is 0 Å². The maximum atomic E-state index is 5.97. The largest absolute Gasteiger partial charge is 0.489 e. The molecule has 0 atom stereocenters. The molecule has 0 spiro atoms. The average Bonchev–Trinajstić information content (AvgIpc) is 2.89. The highest BCUT2D eigenvalue weighted by molar-refractivity contribution is 7.21. The van der Waals surface area contributed by atoms with Gasteiger partial charge in [-0.25, -0.2) is 4.98 Å². The summed E-state index contributed by atoms with van der Waals surface area (Å²) in [6, 6.07) is 11.8. The zero-order valence-electron chi connectivity index (χ0n) is 12.0. The second-order valence-corrected chi connectivity index (χ2v) is 6.64. The second-order valence-electron chi connectivity index (χ2n) is 5.61. The lowest BCUT2D eigenvalue weighted by atomic mass is 10.1. The first-order valence-electron chi connectivity index (χ1n) is 6.75. The molecule has 0 bridgehead atoms. The number of benzene rings is 1. The van der Waals surface area contributed by atoms with E-state index in [9.17, 15) is 0 Å². The summed E-state index contributed by atoms with van der Waals surface area (Å²) in [5.74, 6) is 0.768. The van der Waals surface area contributed by atoms with E-state index in [0.717, 1.165) is 26.7 Å². The van der Waals surface area contributed by atoms with E-state index in [2.05, 4.69) is 9.97 Å². The molecule has 0 aliphatic heterocycles. The number of nitrogens with two attached hydrogens (primary N) is 1. The lowest BCUT2D eigenvalue weighted by Gasteiger charge is -2.19. The van der Waals surface area contributed by atoms with Crippen molar-refractivity contribution < 1.29 is 4.74 Å². The van der Waals surface area contributed by atoms with Crippen molar-refractivity contribution in [3.63, 3.8) is 0 Å². The standard InChI is InChI=1S/C16H17N3OS/c1-16(2,17)10-20-12-7-5-8-13-14(12)19-15(21-13)11-6-3-4-9-18-11/h3-9H,10,17H2,1-2H3. The molecule has 5 heteroatoms. The van der Waals surface area contributed by atoms with E-state index in [-0.39, 0.29) is 5.54 Å². The summed E-state index contributed by atoms with van der Waals surface area (Å²) in [6.07, 6.45) is 1.77. The van der Waals surface area contributed by atoms with E-state index in [1.54, 1.807) is 17.5 Å². The van der Waals surface area contributed by atoms with Gasteiger partial charge in [-0.15, -0.1) is 11.3 Å². The molecule has 0 saturated carbocycles. The van der Waals surface area contributed by atoms with E-state index < -0.39 is 0 Å². The predicted molar refractivity (Wildman–Crippen MR) is 86.6 cm³/mol. The number of nitrogens with zero attached hydrogens (tertiary/aromatic N) is 2. The first kappa shape index (κ1) is 14.0. The minimum absolute atomic E-state index is 0.373. The lowest BCUT2D eigenvalue weighted by Crippen LogP contribution is -2.38. The van der Waals surface area contributed by atoms with Crippen LogP contribution in [0.15, 0.2) is 42.6 Å². The fourth-order valence-electron chi connectivity index (χ4n) is 1.90. The summed E-state index contributed by atoms with van der Waals surface area (Å²) in [7, 11) is 0. The van der Waals surface area contributed by atoms with Crippen molar-refractivity contribution in [2.24, 2.45) is 5.73 Å². The van der Waals surface area contributed by atoms with Gasteiger partial charge in [0.15, 0.2) is 0 Å². The molecule has 3 aromatic rings. The van der Waals surface area contributed by atoms with Crippen LogP contribution in [0.4, 0.5) is 0 Å². The molecular formula is C16H17N3OS. The Hall–Kier alpha value is -1.98. The molecule has 108 valence electrons.